The summed E-state index contributed by atoms with van der Waals surface area (Å²) in [4.78, 5) is 24.1. The average molecular weight is 399 g/mol. The highest BCUT2D eigenvalue weighted by Crippen LogP contribution is 2.28. The van der Waals surface area contributed by atoms with Crippen LogP contribution in [0.1, 0.15) is 40.2 Å². The molecular formula is C23H30N2O4. The van der Waals surface area contributed by atoms with E-state index in [1.165, 1.54) is 12.7 Å². The van der Waals surface area contributed by atoms with E-state index in [0.29, 0.717) is 22.9 Å². The van der Waals surface area contributed by atoms with Crippen molar-refractivity contribution in [3.05, 3.63) is 48.0 Å². The van der Waals surface area contributed by atoms with E-state index in [0.717, 1.165) is 0 Å². The van der Waals surface area contributed by atoms with Crippen LogP contribution in [-0.2, 0) is 15.0 Å². The molecule has 0 heterocycles. The van der Waals surface area contributed by atoms with Gasteiger partial charge in [0.15, 0.2) is 6.61 Å². The molecule has 0 fully saturated rings. The Bertz CT molecular complexity index is 852. The molecule has 2 aromatic carbocycles. The number of carbonyl (C=O) groups excluding carboxylic acids is 2. The van der Waals surface area contributed by atoms with Crippen LogP contribution in [0.2, 0.25) is 0 Å². The fourth-order valence-electron chi connectivity index (χ4n) is 2.55. The quantitative estimate of drug-likeness (QED) is 0.714. The molecule has 0 saturated heterocycles. The van der Waals surface area contributed by atoms with E-state index in [1.807, 2.05) is 38.1 Å². The summed E-state index contributed by atoms with van der Waals surface area (Å²) in [6.45, 7) is 9.95. The van der Waals surface area contributed by atoms with E-state index in [4.69, 9.17) is 9.47 Å². The Morgan fingerprint density at radius 2 is 1.66 bits per heavy atom. The van der Waals surface area contributed by atoms with Crippen molar-refractivity contribution in [3.63, 3.8) is 0 Å². The summed E-state index contributed by atoms with van der Waals surface area (Å²) in [7, 11) is 1.51. The second kappa shape index (κ2) is 9.45. The number of ether oxygens (including phenoxy) is 2. The predicted octanol–water partition coefficient (Wildman–Crippen LogP) is 4.60. The molecule has 6 heteroatoms. The summed E-state index contributed by atoms with van der Waals surface area (Å²) in [6, 6.07) is 12.8. The SMILES string of the molecule is COc1cc(NC(=O)COc2ccc(C(C)(C)C)cc2)ccc1NC(=O)C(C)C. The van der Waals surface area contributed by atoms with Crippen LogP contribution in [-0.4, -0.2) is 25.5 Å². The molecule has 6 nitrogen and oxygen atoms in total. The maximum atomic E-state index is 12.2. The Morgan fingerprint density at radius 3 is 2.21 bits per heavy atom. The second-order valence-electron chi connectivity index (χ2n) is 8.17. The standard InChI is InChI=1S/C23H30N2O4/c1-15(2)22(27)25-19-12-9-17(13-20(19)28-6)24-21(26)14-29-18-10-7-16(8-11-18)23(3,4)5/h7-13,15H,14H2,1-6H3,(H,24,26)(H,25,27). The Morgan fingerprint density at radius 1 is 1.00 bits per heavy atom. The van der Waals surface area contributed by atoms with Gasteiger partial charge in [0.05, 0.1) is 12.8 Å². The maximum absolute atomic E-state index is 12.2. The lowest BCUT2D eigenvalue weighted by Crippen LogP contribution is -2.21. The largest absolute Gasteiger partial charge is 0.494 e. The van der Waals surface area contributed by atoms with Crippen molar-refractivity contribution in [2.45, 2.75) is 40.0 Å². The predicted molar refractivity (Wildman–Crippen MR) is 116 cm³/mol. The first-order chi connectivity index (χ1) is 13.6. The van der Waals surface area contributed by atoms with Crippen LogP contribution in [0.15, 0.2) is 42.5 Å². The third kappa shape index (κ3) is 6.52. The van der Waals surface area contributed by atoms with E-state index in [9.17, 15) is 9.59 Å². The summed E-state index contributed by atoms with van der Waals surface area (Å²) in [5.41, 5.74) is 2.38. The zero-order valence-corrected chi connectivity index (χ0v) is 18.0. The number of methoxy groups -OCH3 is 1. The number of nitrogens with one attached hydrogen (secondary N) is 2. The Labute approximate surface area is 172 Å². The van der Waals surface area contributed by atoms with Gasteiger partial charge in [0.1, 0.15) is 11.5 Å². The number of rotatable bonds is 7. The lowest BCUT2D eigenvalue weighted by Gasteiger charge is -2.19. The lowest BCUT2D eigenvalue weighted by molar-refractivity contribution is -0.119. The molecule has 0 aromatic heterocycles. The van der Waals surface area contributed by atoms with Crippen molar-refractivity contribution in [3.8, 4) is 11.5 Å². The number of hydrogen-bond acceptors (Lipinski definition) is 4. The highest BCUT2D eigenvalue weighted by Gasteiger charge is 2.14. The van der Waals surface area contributed by atoms with Crippen LogP contribution in [0.3, 0.4) is 0 Å². The average Bonchev–Trinajstić information content (AvgIpc) is 2.67. The Kier molecular flexibility index (Phi) is 7.26. The molecule has 2 N–H and O–H groups in total. The molecule has 0 bridgehead atoms. The summed E-state index contributed by atoms with van der Waals surface area (Å²) in [5.74, 6) is 0.568. The first-order valence-corrected chi connectivity index (χ1v) is 9.62. The molecule has 0 radical (unpaired) electrons. The van der Waals surface area contributed by atoms with Gasteiger partial charge in [-0.25, -0.2) is 0 Å². The molecule has 0 aliphatic rings. The van der Waals surface area contributed by atoms with Gasteiger partial charge in [0, 0.05) is 17.7 Å². The monoisotopic (exact) mass is 398 g/mol. The fraction of sp³-hybridized carbons (Fsp3) is 0.391. The van der Waals surface area contributed by atoms with Crippen LogP contribution < -0.4 is 20.1 Å². The highest BCUT2D eigenvalue weighted by molar-refractivity contribution is 5.95. The Hall–Kier alpha value is -3.02. The second-order valence-corrected chi connectivity index (χ2v) is 8.17. The summed E-state index contributed by atoms with van der Waals surface area (Å²) >= 11 is 0. The van der Waals surface area contributed by atoms with Gasteiger partial charge in [-0.15, -0.1) is 0 Å². The van der Waals surface area contributed by atoms with Crippen LogP contribution in [0.25, 0.3) is 0 Å². The summed E-state index contributed by atoms with van der Waals surface area (Å²) in [6.07, 6.45) is 0. The van der Waals surface area contributed by atoms with E-state index >= 15 is 0 Å². The third-order valence-electron chi connectivity index (χ3n) is 4.36. The molecule has 156 valence electrons. The van der Waals surface area contributed by atoms with Crippen molar-refractivity contribution in [1.82, 2.24) is 0 Å². The van der Waals surface area contributed by atoms with Crippen LogP contribution in [0, 0.1) is 5.92 Å². The van der Waals surface area contributed by atoms with Gasteiger partial charge in [-0.2, -0.15) is 0 Å². The number of amides is 2. The third-order valence-corrected chi connectivity index (χ3v) is 4.36. The molecule has 2 amide bonds. The van der Waals surface area contributed by atoms with Gasteiger partial charge in [-0.05, 0) is 35.2 Å². The van der Waals surface area contributed by atoms with E-state index < -0.39 is 0 Å². The molecule has 0 aliphatic carbocycles. The fourth-order valence-corrected chi connectivity index (χ4v) is 2.55. The first kappa shape index (κ1) is 22.3. The minimum Gasteiger partial charge on any atom is -0.494 e. The van der Waals surface area contributed by atoms with Crippen molar-refractivity contribution >= 4 is 23.2 Å². The zero-order chi connectivity index (χ0) is 21.6. The molecule has 0 atom stereocenters. The minimum absolute atomic E-state index is 0.0652. The maximum Gasteiger partial charge on any atom is 0.262 e. The number of carbonyl (C=O) groups is 2. The van der Waals surface area contributed by atoms with Crippen molar-refractivity contribution in [2.24, 2.45) is 5.92 Å². The number of benzene rings is 2. The van der Waals surface area contributed by atoms with Crippen molar-refractivity contribution < 1.29 is 19.1 Å². The summed E-state index contributed by atoms with van der Waals surface area (Å²) < 4.78 is 10.9. The van der Waals surface area contributed by atoms with E-state index in [-0.39, 0.29) is 29.8 Å². The van der Waals surface area contributed by atoms with E-state index in [2.05, 4.69) is 31.4 Å². The van der Waals surface area contributed by atoms with Gasteiger partial charge in [0.2, 0.25) is 5.91 Å². The molecule has 0 spiro atoms. The Balaban J connectivity index is 1.95. The molecule has 29 heavy (non-hydrogen) atoms. The first-order valence-electron chi connectivity index (χ1n) is 9.62. The van der Waals surface area contributed by atoms with Crippen LogP contribution in [0.4, 0.5) is 11.4 Å². The zero-order valence-electron chi connectivity index (χ0n) is 18.0. The topological polar surface area (TPSA) is 76.7 Å². The summed E-state index contributed by atoms with van der Waals surface area (Å²) in [5, 5.41) is 5.57. The molecule has 0 saturated carbocycles. The van der Waals surface area contributed by atoms with Crippen LogP contribution >= 0.6 is 0 Å². The van der Waals surface area contributed by atoms with Gasteiger partial charge in [0.25, 0.3) is 5.91 Å². The van der Waals surface area contributed by atoms with Gasteiger partial charge in [-0.3, -0.25) is 9.59 Å². The van der Waals surface area contributed by atoms with Crippen molar-refractivity contribution in [1.29, 1.82) is 0 Å². The smallest absolute Gasteiger partial charge is 0.262 e. The van der Waals surface area contributed by atoms with Gasteiger partial charge < -0.3 is 20.1 Å². The minimum atomic E-state index is -0.286. The van der Waals surface area contributed by atoms with Crippen LogP contribution in [0.5, 0.6) is 11.5 Å². The normalized spacial score (nSPS) is 11.1. The molecule has 2 rings (SSSR count). The lowest BCUT2D eigenvalue weighted by atomic mass is 9.87. The number of anilines is 2. The van der Waals surface area contributed by atoms with E-state index in [1.54, 1.807) is 18.2 Å². The number of hydrogen-bond donors (Lipinski definition) is 2. The van der Waals surface area contributed by atoms with Gasteiger partial charge in [-0.1, -0.05) is 46.8 Å². The molecule has 0 aliphatic heterocycles. The van der Waals surface area contributed by atoms with Crippen molar-refractivity contribution in [2.75, 3.05) is 24.4 Å². The van der Waals surface area contributed by atoms with Gasteiger partial charge >= 0.3 is 0 Å². The molecule has 0 unspecified atom stereocenters. The molecule has 2 aromatic rings. The highest BCUT2D eigenvalue weighted by atomic mass is 16.5. The molecular weight excluding hydrogens is 368 g/mol.